The molecule has 0 fully saturated rings. The second-order valence-electron chi connectivity index (χ2n) is 5.04. The minimum Gasteiger partial charge on any atom is -0.497 e. The summed E-state index contributed by atoms with van der Waals surface area (Å²) in [7, 11) is 1.62. The molecule has 0 atom stereocenters. The number of nitrogens with one attached hydrogen (secondary N) is 2. The molecule has 0 radical (unpaired) electrons. The van der Waals surface area contributed by atoms with E-state index in [-0.39, 0.29) is 6.03 Å². The Kier molecular flexibility index (Phi) is 4.38. The summed E-state index contributed by atoms with van der Waals surface area (Å²) in [5.74, 6) is 0.792. The third-order valence-electron chi connectivity index (χ3n) is 3.49. The standard InChI is InChI=1S/C18H17N3O2/c1-23-15-9-7-13(8-10-15)12-20-18(22)21-16-6-2-4-14-5-3-11-19-17(14)16/h2-11H,12H2,1H3,(H2,20,21,22). The van der Waals surface area contributed by atoms with Crippen LogP contribution in [-0.2, 0) is 6.54 Å². The molecule has 2 amide bonds. The van der Waals surface area contributed by atoms with Crippen LogP contribution in [0.3, 0.4) is 0 Å². The molecular formula is C18H17N3O2. The molecule has 0 aliphatic rings. The first kappa shape index (κ1) is 14.8. The summed E-state index contributed by atoms with van der Waals surface area (Å²) < 4.78 is 5.11. The zero-order chi connectivity index (χ0) is 16.1. The minimum absolute atomic E-state index is 0.265. The molecule has 2 N–H and O–H groups in total. The van der Waals surface area contributed by atoms with Gasteiger partial charge in [0.05, 0.1) is 18.3 Å². The summed E-state index contributed by atoms with van der Waals surface area (Å²) in [6.07, 6.45) is 1.71. The van der Waals surface area contributed by atoms with Gasteiger partial charge in [-0.25, -0.2) is 4.79 Å². The van der Waals surface area contributed by atoms with Gasteiger partial charge in [-0.05, 0) is 29.8 Å². The largest absolute Gasteiger partial charge is 0.497 e. The number of amides is 2. The van der Waals surface area contributed by atoms with Crippen LogP contribution in [0.1, 0.15) is 5.56 Å². The van der Waals surface area contributed by atoms with E-state index in [4.69, 9.17) is 4.74 Å². The molecule has 0 saturated carbocycles. The first-order chi connectivity index (χ1) is 11.3. The molecule has 3 rings (SSSR count). The monoisotopic (exact) mass is 307 g/mol. The summed E-state index contributed by atoms with van der Waals surface area (Å²) >= 11 is 0. The highest BCUT2D eigenvalue weighted by molar-refractivity contribution is 5.99. The van der Waals surface area contributed by atoms with E-state index in [1.54, 1.807) is 13.3 Å². The number of carbonyl (C=O) groups is 1. The third-order valence-corrected chi connectivity index (χ3v) is 3.49. The molecule has 0 bridgehead atoms. The van der Waals surface area contributed by atoms with Gasteiger partial charge in [-0.3, -0.25) is 4.98 Å². The van der Waals surface area contributed by atoms with Crippen molar-refractivity contribution in [1.29, 1.82) is 0 Å². The van der Waals surface area contributed by atoms with Crippen LogP contribution in [0, 0.1) is 0 Å². The second-order valence-corrected chi connectivity index (χ2v) is 5.04. The van der Waals surface area contributed by atoms with Crippen molar-refractivity contribution in [2.75, 3.05) is 12.4 Å². The Bertz CT molecular complexity index is 811. The quantitative estimate of drug-likeness (QED) is 0.774. The summed E-state index contributed by atoms with van der Waals surface area (Å²) in [5, 5.41) is 6.66. The van der Waals surface area contributed by atoms with E-state index in [0.717, 1.165) is 22.2 Å². The van der Waals surface area contributed by atoms with Crippen LogP contribution < -0.4 is 15.4 Å². The third kappa shape index (κ3) is 3.58. The molecule has 23 heavy (non-hydrogen) atoms. The Morgan fingerprint density at radius 3 is 2.65 bits per heavy atom. The zero-order valence-corrected chi connectivity index (χ0v) is 12.7. The number of urea groups is 1. The second kappa shape index (κ2) is 6.79. The van der Waals surface area contributed by atoms with Crippen molar-refractivity contribution < 1.29 is 9.53 Å². The maximum Gasteiger partial charge on any atom is 0.319 e. The van der Waals surface area contributed by atoms with Crippen LogP contribution in [0.2, 0.25) is 0 Å². The zero-order valence-electron chi connectivity index (χ0n) is 12.7. The number of nitrogens with zero attached hydrogens (tertiary/aromatic N) is 1. The van der Waals surface area contributed by atoms with E-state index in [9.17, 15) is 4.79 Å². The fourth-order valence-electron chi connectivity index (χ4n) is 2.30. The average molecular weight is 307 g/mol. The molecule has 0 aliphatic carbocycles. The highest BCUT2D eigenvalue weighted by atomic mass is 16.5. The van der Waals surface area contributed by atoms with E-state index < -0.39 is 0 Å². The number of pyridine rings is 1. The van der Waals surface area contributed by atoms with Crippen molar-refractivity contribution in [1.82, 2.24) is 10.3 Å². The van der Waals surface area contributed by atoms with Crippen LogP contribution in [0.5, 0.6) is 5.75 Å². The van der Waals surface area contributed by atoms with Crippen molar-refractivity contribution in [2.45, 2.75) is 6.54 Å². The van der Waals surface area contributed by atoms with Gasteiger partial charge in [-0.15, -0.1) is 0 Å². The van der Waals surface area contributed by atoms with Gasteiger partial charge in [0, 0.05) is 18.1 Å². The summed E-state index contributed by atoms with van der Waals surface area (Å²) in [5.41, 5.74) is 2.46. The van der Waals surface area contributed by atoms with Gasteiger partial charge in [0.1, 0.15) is 5.75 Å². The van der Waals surface area contributed by atoms with Crippen LogP contribution >= 0.6 is 0 Å². The first-order valence-electron chi connectivity index (χ1n) is 7.28. The van der Waals surface area contributed by atoms with E-state index in [1.165, 1.54) is 0 Å². The number of para-hydroxylation sites is 1. The maximum atomic E-state index is 12.1. The van der Waals surface area contributed by atoms with Crippen LogP contribution in [0.15, 0.2) is 60.8 Å². The highest BCUT2D eigenvalue weighted by Crippen LogP contribution is 2.20. The maximum absolute atomic E-state index is 12.1. The fraction of sp³-hybridized carbons (Fsp3) is 0.111. The lowest BCUT2D eigenvalue weighted by Gasteiger charge is -2.10. The molecule has 0 spiro atoms. The number of aromatic nitrogens is 1. The molecule has 1 aromatic heterocycles. The number of benzene rings is 2. The average Bonchev–Trinajstić information content (AvgIpc) is 2.61. The van der Waals surface area contributed by atoms with Gasteiger partial charge in [0.15, 0.2) is 0 Å². The number of anilines is 1. The molecular weight excluding hydrogens is 290 g/mol. The van der Waals surface area contributed by atoms with Gasteiger partial charge in [-0.1, -0.05) is 30.3 Å². The molecule has 0 saturated heterocycles. The fourth-order valence-corrected chi connectivity index (χ4v) is 2.30. The Balaban J connectivity index is 1.64. The predicted octanol–water partition coefficient (Wildman–Crippen LogP) is 3.57. The lowest BCUT2D eigenvalue weighted by atomic mass is 10.2. The van der Waals surface area contributed by atoms with Crippen LogP contribution in [0.25, 0.3) is 10.9 Å². The SMILES string of the molecule is COc1ccc(CNC(=O)Nc2cccc3cccnc23)cc1. The topological polar surface area (TPSA) is 63.2 Å². The van der Waals surface area contributed by atoms with Crippen molar-refractivity contribution >= 4 is 22.6 Å². The van der Waals surface area contributed by atoms with Gasteiger partial charge in [0.25, 0.3) is 0 Å². The number of methoxy groups -OCH3 is 1. The van der Waals surface area contributed by atoms with E-state index in [0.29, 0.717) is 12.2 Å². The summed E-state index contributed by atoms with van der Waals surface area (Å²) in [6, 6.07) is 16.8. The molecule has 5 nitrogen and oxygen atoms in total. The van der Waals surface area contributed by atoms with Gasteiger partial charge in [-0.2, -0.15) is 0 Å². The number of fused-ring (bicyclic) bond motifs is 1. The van der Waals surface area contributed by atoms with Crippen LogP contribution in [-0.4, -0.2) is 18.1 Å². The molecule has 0 unspecified atom stereocenters. The Labute approximate surface area is 134 Å². The number of hydrogen-bond acceptors (Lipinski definition) is 3. The Morgan fingerprint density at radius 2 is 1.87 bits per heavy atom. The van der Waals surface area contributed by atoms with Crippen LogP contribution in [0.4, 0.5) is 10.5 Å². The Morgan fingerprint density at radius 1 is 1.09 bits per heavy atom. The van der Waals surface area contributed by atoms with Gasteiger partial charge >= 0.3 is 6.03 Å². The van der Waals surface area contributed by atoms with Gasteiger partial charge < -0.3 is 15.4 Å². The normalized spacial score (nSPS) is 10.3. The number of rotatable bonds is 4. The van der Waals surface area contributed by atoms with Crippen molar-refractivity contribution in [2.24, 2.45) is 0 Å². The van der Waals surface area contributed by atoms with Crippen molar-refractivity contribution in [3.05, 3.63) is 66.4 Å². The van der Waals surface area contributed by atoms with E-state index in [1.807, 2.05) is 54.6 Å². The van der Waals surface area contributed by atoms with E-state index in [2.05, 4.69) is 15.6 Å². The number of hydrogen-bond donors (Lipinski definition) is 2. The van der Waals surface area contributed by atoms with E-state index >= 15 is 0 Å². The lowest BCUT2D eigenvalue weighted by Crippen LogP contribution is -2.28. The molecule has 2 aromatic carbocycles. The number of ether oxygens (including phenoxy) is 1. The lowest BCUT2D eigenvalue weighted by molar-refractivity contribution is 0.252. The molecule has 5 heteroatoms. The smallest absolute Gasteiger partial charge is 0.319 e. The summed E-state index contributed by atoms with van der Waals surface area (Å²) in [6.45, 7) is 0.439. The highest BCUT2D eigenvalue weighted by Gasteiger charge is 2.06. The Hall–Kier alpha value is -3.08. The predicted molar refractivity (Wildman–Crippen MR) is 90.6 cm³/mol. The number of carbonyl (C=O) groups excluding carboxylic acids is 1. The first-order valence-corrected chi connectivity index (χ1v) is 7.28. The minimum atomic E-state index is -0.265. The summed E-state index contributed by atoms with van der Waals surface area (Å²) in [4.78, 5) is 16.4. The molecule has 116 valence electrons. The molecule has 1 heterocycles. The van der Waals surface area contributed by atoms with Crippen molar-refractivity contribution in [3.63, 3.8) is 0 Å². The van der Waals surface area contributed by atoms with Gasteiger partial charge in [0.2, 0.25) is 0 Å². The molecule has 0 aliphatic heterocycles. The molecule has 3 aromatic rings. The van der Waals surface area contributed by atoms with Crippen molar-refractivity contribution in [3.8, 4) is 5.75 Å².